The zero-order valence-corrected chi connectivity index (χ0v) is 10.1. The zero-order chi connectivity index (χ0) is 12.1. The largest absolute Gasteiger partial charge is 0.354 e. The highest BCUT2D eigenvalue weighted by Gasteiger charge is 2.18. The molecule has 5 nitrogen and oxygen atoms in total. The topological polar surface area (TPSA) is 72.9 Å². The van der Waals surface area contributed by atoms with E-state index in [1.807, 2.05) is 25.3 Å². The molecule has 5 heteroatoms. The molecular weight excluding hydrogens is 204 g/mol. The minimum Gasteiger partial charge on any atom is -0.354 e. The average molecular weight is 224 g/mol. The van der Waals surface area contributed by atoms with Gasteiger partial charge in [0.05, 0.1) is 12.0 Å². The van der Waals surface area contributed by atoms with Crippen LogP contribution in [0.5, 0.6) is 0 Å². The first-order chi connectivity index (χ1) is 7.57. The van der Waals surface area contributed by atoms with Crippen LogP contribution >= 0.6 is 0 Å². The first-order valence-corrected chi connectivity index (χ1v) is 5.63. The smallest absolute Gasteiger partial charge is 0.242 e. The summed E-state index contributed by atoms with van der Waals surface area (Å²) in [6.07, 6.45) is 4.28. The molecule has 0 aliphatic heterocycles. The van der Waals surface area contributed by atoms with Crippen molar-refractivity contribution in [3.05, 3.63) is 18.2 Å². The highest BCUT2D eigenvalue weighted by Crippen LogP contribution is 2.15. The lowest BCUT2D eigenvalue weighted by Gasteiger charge is -2.17. The Bertz CT molecular complexity index is 346. The highest BCUT2D eigenvalue weighted by molar-refractivity contribution is 5.79. The number of rotatable bonds is 5. The minimum atomic E-state index is -0.268. The fourth-order valence-electron chi connectivity index (χ4n) is 1.51. The second-order valence-electron chi connectivity index (χ2n) is 3.98. The molecule has 1 aromatic rings. The maximum atomic E-state index is 11.8. The first kappa shape index (κ1) is 12.7. The Balaban J connectivity index is 2.75. The van der Waals surface area contributed by atoms with E-state index in [9.17, 15) is 4.79 Å². The molecule has 0 spiro atoms. The maximum absolute atomic E-state index is 11.8. The molecule has 1 aromatic heterocycles. The predicted molar refractivity (Wildman–Crippen MR) is 62.8 cm³/mol. The predicted octanol–water partition coefficient (Wildman–Crippen LogP) is 0.990. The lowest BCUT2D eigenvalue weighted by Crippen LogP contribution is -2.32. The van der Waals surface area contributed by atoms with Gasteiger partial charge in [-0.1, -0.05) is 6.92 Å². The molecule has 90 valence electrons. The number of carbonyl (C=O) groups is 1. The third kappa shape index (κ3) is 2.82. The van der Waals surface area contributed by atoms with Crippen LogP contribution in [0.3, 0.4) is 0 Å². The van der Waals surface area contributed by atoms with E-state index in [0.717, 1.165) is 12.1 Å². The van der Waals surface area contributed by atoms with Crippen LogP contribution in [0.15, 0.2) is 12.5 Å². The number of hydrogen-bond acceptors (Lipinski definition) is 3. The molecule has 0 aliphatic carbocycles. The molecule has 0 saturated carbocycles. The average Bonchev–Trinajstić information content (AvgIpc) is 2.73. The molecular formula is C11H20N4O. The Kier molecular flexibility index (Phi) is 4.49. The fraction of sp³-hybridized carbons (Fsp3) is 0.636. The molecule has 2 atom stereocenters. The number of hydrogen-bond donors (Lipinski definition) is 2. The van der Waals surface area contributed by atoms with E-state index in [2.05, 4.69) is 10.3 Å². The molecule has 16 heavy (non-hydrogen) atoms. The van der Waals surface area contributed by atoms with Crippen LogP contribution in [0.1, 0.15) is 45.0 Å². The van der Waals surface area contributed by atoms with Crippen LogP contribution in [-0.2, 0) is 4.79 Å². The summed E-state index contributed by atoms with van der Waals surface area (Å²) >= 11 is 0. The van der Waals surface area contributed by atoms with E-state index in [4.69, 9.17) is 5.73 Å². The van der Waals surface area contributed by atoms with Gasteiger partial charge in [0.15, 0.2) is 0 Å². The number of imidazole rings is 1. The Morgan fingerprint density at radius 3 is 2.88 bits per heavy atom. The van der Waals surface area contributed by atoms with Crippen LogP contribution in [0, 0.1) is 0 Å². The molecule has 0 aliphatic rings. The molecule has 3 N–H and O–H groups in total. The fourth-order valence-corrected chi connectivity index (χ4v) is 1.51. The lowest BCUT2D eigenvalue weighted by atomic mass is 10.2. The van der Waals surface area contributed by atoms with Crippen LogP contribution in [0.25, 0.3) is 0 Å². The van der Waals surface area contributed by atoms with Crippen molar-refractivity contribution in [3.63, 3.8) is 0 Å². The number of nitrogens with two attached hydrogens (primary N) is 1. The van der Waals surface area contributed by atoms with Gasteiger partial charge in [-0.15, -0.1) is 0 Å². The van der Waals surface area contributed by atoms with Crippen molar-refractivity contribution in [1.82, 2.24) is 14.9 Å². The van der Waals surface area contributed by atoms with Crippen LogP contribution < -0.4 is 11.1 Å². The van der Waals surface area contributed by atoms with Crippen molar-refractivity contribution in [3.8, 4) is 0 Å². The van der Waals surface area contributed by atoms with Gasteiger partial charge < -0.3 is 15.6 Å². The summed E-state index contributed by atoms with van der Waals surface area (Å²) in [6.45, 7) is 6.45. The highest BCUT2D eigenvalue weighted by atomic mass is 16.2. The SMILES string of the molecule is CCCNC(=O)C(C)n1cncc1C(C)N. The number of aromatic nitrogens is 2. The van der Waals surface area contributed by atoms with E-state index in [-0.39, 0.29) is 18.0 Å². The van der Waals surface area contributed by atoms with Gasteiger partial charge in [0.25, 0.3) is 0 Å². The number of amides is 1. The van der Waals surface area contributed by atoms with E-state index in [1.54, 1.807) is 12.5 Å². The summed E-state index contributed by atoms with van der Waals surface area (Å²) in [7, 11) is 0. The zero-order valence-electron chi connectivity index (χ0n) is 10.1. The number of nitrogens with one attached hydrogen (secondary N) is 1. The molecule has 1 heterocycles. The summed E-state index contributed by atoms with van der Waals surface area (Å²) < 4.78 is 1.82. The summed E-state index contributed by atoms with van der Waals surface area (Å²) in [4.78, 5) is 15.8. The van der Waals surface area contributed by atoms with Crippen molar-refractivity contribution >= 4 is 5.91 Å². The third-order valence-corrected chi connectivity index (χ3v) is 2.51. The Morgan fingerprint density at radius 1 is 1.62 bits per heavy atom. The number of carbonyl (C=O) groups excluding carboxylic acids is 1. The summed E-state index contributed by atoms with van der Waals surface area (Å²) in [5, 5.41) is 2.86. The van der Waals surface area contributed by atoms with Crippen LogP contribution in [-0.4, -0.2) is 22.0 Å². The Hall–Kier alpha value is -1.36. The summed E-state index contributed by atoms with van der Waals surface area (Å²) in [5.41, 5.74) is 6.68. The molecule has 0 bridgehead atoms. The van der Waals surface area contributed by atoms with E-state index in [1.165, 1.54) is 0 Å². The molecule has 0 radical (unpaired) electrons. The first-order valence-electron chi connectivity index (χ1n) is 5.63. The van der Waals surface area contributed by atoms with Gasteiger partial charge in [0, 0.05) is 18.8 Å². The number of nitrogens with zero attached hydrogens (tertiary/aromatic N) is 2. The third-order valence-electron chi connectivity index (χ3n) is 2.51. The molecule has 0 fully saturated rings. The van der Waals surface area contributed by atoms with Crippen molar-refractivity contribution in [2.75, 3.05) is 6.54 Å². The maximum Gasteiger partial charge on any atom is 0.242 e. The molecule has 1 amide bonds. The quantitative estimate of drug-likeness (QED) is 0.783. The summed E-state index contributed by atoms with van der Waals surface area (Å²) in [6, 6.07) is -0.390. The van der Waals surface area contributed by atoms with Crippen LogP contribution in [0.4, 0.5) is 0 Å². The van der Waals surface area contributed by atoms with Gasteiger partial charge in [-0.05, 0) is 20.3 Å². The monoisotopic (exact) mass is 224 g/mol. The second-order valence-corrected chi connectivity index (χ2v) is 3.98. The van der Waals surface area contributed by atoms with Crippen molar-refractivity contribution in [2.24, 2.45) is 5.73 Å². The van der Waals surface area contributed by atoms with E-state index < -0.39 is 0 Å². The van der Waals surface area contributed by atoms with Gasteiger partial charge >= 0.3 is 0 Å². The van der Waals surface area contributed by atoms with Gasteiger partial charge in [-0.25, -0.2) is 4.98 Å². The Labute approximate surface area is 96.0 Å². The van der Waals surface area contributed by atoms with Gasteiger partial charge in [-0.2, -0.15) is 0 Å². The van der Waals surface area contributed by atoms with Gasteiger partial charge in [-0.3, -0.25) is 4.79 Å². The normalized spacial score (nSPS) is 14.5. The Morgan fingerprint density at radius 2 is 2.31 bits per heavy atom. The van der Waals surface area contributed by atoms with Crippen molar-refractivity contribution < 1.29 is 4.79 Å². The minimum absolute atomic E-state index is 0.00162. The van der Waals surface area contributed by atoms with Crippen LogP contribution in [0.2, 0.25) is 0 Å². The lowest BCUT2D eigenvalue weighted by molar-refractivity contribution is -0.123. The molecule has 0 saturated heterocycles. The van der Waals surface area contributed by atoms with E-state index in [0.29, 0.717) is 6.54 Å². The van der Waals surface area contributed by atoms with Crippen molar-refractivity contribution in [1.29, 1.82) is 0 Å². The van der Waals surface area contributed by atoms with E-state index >= 15 is 0 Å². The second kappa shape index (κ2) is 5.65. The molecule has 0 aromatic carbocycles. The van der Waals surface area contributed by atoms with Crippen molar-refractivity contribution in [2.45, 2.75) is 39.3 Å². The molecule has 1 rings (SSSR count). The van der Waals surface area contributed by atoms with Gasteiger partial charge in [0.1, 0.15) is 6.04 Å². The summed E-state index contributed by atoms with van der Waals surface area (Å²) in [5.74, 6) is 0.00162. The standard InChI is InChI=1S/C11H20N4O/c1-4-5-14-11(16)9(3)15-7-13-6-10(15)8(2)12/h6-9H,4-5,12H2,1-3H3,(H,14,16). The van der Waals surface area contributed by atoms with Gasteiger partial charge in [0.2, 0.25) is 5.91 Å². The molecule has 2 unspecified atom stereocenters.